The van der Waals surface area contributed by atoms with E-state index in [-0.39, 0.29) is 12.6 Å². The summed E-state index contributed by atoms with van der Waals surface area (Å²) in [4.78, 5) is 23.9. The Hall–Kier alpha value is -1.96. The Balaban J connectivity index is 2.51. The van der Waals surface area contributed by atoms with Gasteiger partial charge >= 0.3 is 12.0 Å². The maximum Gasteiger partial charge on any atom is 0.322 e. The molecule has 1 aromatic heterocycles. The zero-order chi connectivity index (χ0) is 13.7. The molecule has 0 bridgehead atoms. The molecule has 100 valence electrons. The van der Waals surface area contributed by atoms with Crippen molar-refractivity contribution in [2.24, 2.45) is 0 Å². The fourth-order valence-electron chi connectivity index (χ4n) is 1.52. The number of anilines is 1. The number of likely N-dealkylation sites (N-methyl/N-ethyl adjacent to an activating group) is 1. The van der Waals surface area contributed by atoms with E-state index in [9.17, 15) is 9.59 Å². The highest BCUT2D eigenvalue weighted by Crippen LogP contribution is 2.05. The number of carboxylic acids is 1. The van der Waals surface area contributed by atoms with Crippen LogP contribution in [0.5, 0.6) is 0 Å². The predicted molar refractivity (Wildman–Crippen MR) is 62.0 cm³/mol. The van der Waals surface area contributed by atoms with Gasteiger partial charge in [-0.2, -0.15) is 0 Å². The first-order valence-corrected chi connectivity index (χ1v) is 5.47. The molecule has 0 aliphatic carbocycles. The van der Waals surface area contributed by atoms with Gasteiger partial charge < -0.3 is 9.52 Å². The monoisotopic (exact) mass is 256 g/mol. The van der Waals surface area contributed by atoms with Crippen LogP contribution in [0.2, 0.25) is 0 Å². The molecule has 8 nitrogen and oxygen atoms in total. The number of carbonyl (C=O) groups excluding carboxylic acids is 1. The summed E-state index contributed by atoms with van der Waals surface area (Å²) in [5, 5.41) is 18.5. The molecule has 0 spiro atoms. The molecule has 0 aliphatic heterocycles. The maximum absolute atomic E-state index is 11.6. The minimum absolute atomic E-state index is 0.00859. The molecular weight excluding hydrogens is 240 g/mol. The number of carboxylic acid groups (broad SMARTS) is 1. The maximum atomic E-state index is 11.6. The summed E-state index contributed by atoms with van der Waals surface area (Å²) in [5.74, 6) is -1.02. The molecule has 2 N–H and O–H groups in total. The van der Waals surface area contributed by atoms with Gasteiger partial charge in [0.05, 0.1) is 6.54 Å². The van der Waals surface area contributed by atoms with E-state index in [1.807, 2.05) is 0 Å². The van der Waals surface area contributed by atoms with Crippen LogP contribution in [-0.2, 0) is 9.59 Å². The SMILES string of the molecule is CCC(C(=O)O)N(C)CC(=O)Nc1nnc(C)o1. The van der Waals surface area contributed by atoms with E-state index in [0.29, 0.717) is 12.3 Å². The van der Waals surface area contributed by atoms with Crippen LogP contribution >= 0.6 is 0 Å². The number of hydrogen-bond donors (Lipinski definition) is 2. The Kier molecular flexibility index (Phi) is 4.78. The molecular formula is C10H16N4O4. The number of amides is 1. The van der Waals surface area contributed by atoms with Crippen LogP contribution in [0.15, 0.2) is 4.42 Å². The van der Waals surface area contributed by atoms with Crippen LogP contribution in [-0.4, -0.2) is 51.7 Å². The van der Waals surface area contributed by atoms with Crippen LogP contribution in [0.25, 0.3) is 0 Å². The smallest absolute Gasteiger partial charge is 0.322 e. The van der Waals surface area contributed by atoms with Gasteiger partial charge in [-0.3, -0.25) is 19.8 Å². The highest BCUT2D eigenvalue weighted by atomic mass is 16.4. The van der Waals surface area contributed by atoms with Crippen LogP contribution in [0.4, 0.5) is 6.01 Å². The minimum Gasteiger partial charge on any atom is -0.480 e. The predicted octanol–water partition coefficient (Wildman–Crippen LogP) is 0.112. The summed E-state index contributed by atoms with van der Waals surface area (Å²) in [7, 11) is 1.57. The number of aromatic nitrogens is 2. The molecule has 0 saturated heterocycles. The third-order valence-corrected chi connectivity index (χ3v) is 2.37. The highest BCUT2D eigenvalue weighted by molar-refractivity contribution is 5.90. The topological polar surface area (TPSA) is 109 Å². The summed E-state index contributed by atoms with van der Waals surface area (Å²) in [6, 6.07) is -0.686. The van der Waals surface area contributed by atoms with Gasteiger partial charge in [0.25, 0.3) is 0 Å². The second-order valence-electron chi connectivity index (χ2n) is 3.85. The van der Waals surface area contributed by atoms with E-state index in [2.05, 4.69) is 15.5 Å². The van der Waals surface area contributed by atoms with Gasteiger partial charge in [0.15, 0.2) is 0 Å². The third kappa shape index (κ3) is 3.81. The van der Waals surface area contributed by atoms with Crippen LogP contribution in [0.3, 0.4) is 0 Å². The molecule has 1 rings (SSSR count). The molecule has 0 saturated carbocycles. The van der Waals surface area contributed by atoms with E-state index in [1.54, 1.807) is 20.9 Å². The zero-order valence-electron chi connectivity index (χ0n) is 10.5. The van der Waals surface area contributed by atoms with E-state index in [0.717, 1.165) is 0 Å². The summed E-state index contributed by atoms with van der Waals surface area (Å²) in [6.45, 7) is 3.28. The van der Waals surface area contributed by atoms with Gasteiger partial charge in [-0.1, -0.05) is 12.0 Å². The molecule has 1 aromatic rings. The van der Waals surface area contributed by atoms with Crippen LogP contribution in [0, 0.1) is 6.92 Å². The van der Waals surface area contributed by atoms with Crippen molar-refractivity contribution in [3.05, 3.63) is 5.89 Å². The van der Waals surface area contributed by atoms with E-state index >= 15 is 0 Å². The Morgan fingerprint density at radius 3 is 2.61 bits per heavy atom. The van der Waals surface area contributed by atoms with Crippen molar-refractivity contribution in [3.8, 4) is 0 Å². The quantitative estimate of drug-likeness (QED) is 0.743. The summed E-state index contributed by atoms with van der Waals surface area (Å²) < 4.78 is 4.98. The lowest BCUT2D eigenvalue weighted by molar-refractivity contribution is -0.143. The first-order valence-electron chi connectivity index (χ1n) is 5.47. The van der Waals surface area contributed by atoms with Crippen LogP contribution in [0.1, 0.15) is 19.2 Å². The molecule has 0 radical (unpaired) electrons. The third-order valence-electron chi connectivity index (χ3n) is 2.37. The summed E-state index contributed by atoms with van der Waals surface area (Å²) in [5.41, 5.74) is 0. The highest BCUT2D eigenvalue weighted by Gasteiger charge is 2.22. The Morgan fingerprint density at radius 2 is 2.17 bits per heavy atom. The molecule has 0 fully saturated rings. The molecule has 1 unspecified atom stereocenters. The number of carbonyl (C=O) groups is 2. The van der Waals surface area contributed by atoms with Gasteiger partial charge in [0.1, 0.15) is 6.04 Å². The fourth-order valence-corrected chi connectivity index (χ4v) is 1.52. The van der Waals surface area contributed by atoms with Gasteiger partial charge in [-0.15, -0.1) is 5.10 Å². The molecule has 1 heterocycles. The van der Waals surface area contributed by atoms with Crippen molar-refractivity contribution in [2.45, 2.75) is 26.3 Å². The van der Waals surface area contributed by atoms with Gasteiger partial charge in [-0.05, 0) is 13.5 Å². The first-order chi connectivity index (χ1) is 8.43. The van der Waals surface area contributed by atoms with Crippen molar-refractivity contribution in [1.82, 2.24) is 15.1 Å². The Morgan fingerprint density at radius 1 is 1.50 bits per heavy atom. The molecule has 1 atom stereocenters. The van der Waals surface area contributed by atoms with E-state index < -0.39 is 17.9 Å². The second kappa shape index (κ2) is 6.10. The van der Waals surface area contributed by atoms with Gasteiger partial charge in [0, 0.05) is 6.92 Å². The number of aliphatic carboxylic acids is 1. The lowest BCUT2D eigenvalue weighted by Gasteiger charge is -2.22. The number of nitrogens with one attached hydrogen (secondary N) is 1. The van der Waals surface area contributed by atoms with Crippen molar-refractivity contribution in [2.75, 3.05) is 18.9 Å². The summed E-state index contributed by atoms with van der Waals surface area (Å²) in [6.07, 6.45) is 0.415. The number of rotatable bonds is 6. The number of hydrogen-bond acceptors (Lipinski definition) is 6. The Bertz CT molecular complexity index is 431. The first kappa shape index (κ1) is 14.1. The lowest BCUT2D eigenvalue weighted by Crippen LogP contribution is -2.42. The average Bonchev–Trinajstić information content (AvgIpc) is 2.63. The molecule has 0 aromatic carbocycles. The van der Waals surface area contributed by atoms with Crippen LogP contribution < -0.4 is 5.32 Å². The van der Waals surface area contributed by atoms with Gasteiger partial charge in [0.2, 0.25) is 11.8 Å². The fraction of sp³-hybridized carbons (Fsp3) is 0.600. The minimum atomic E-state index is -0.957. The average molecular weight is 256 g/mol. The normalized spacial score (nSPS) is 12.4. The largest absolute Gasteiger partial charge is 0.480 e. The lowest BCUT2D eigenvalue weighted by atomic mass is 10.2. The Labute approximate surface area is 104 Å². The molecule has 8 heteroatoms. The van der Waals surface area contributed by atoms with Crippen molar-refractivity contribution >= 4 is 17.9 Å². The number of aryl methyl sites for hydroxylation is 1. The summed E-state index contributed by atoms with van der Waals surface area (Å²) >= 11 is 0. The van der Waals surface area contributed by atoms with Crippen molar-refractivity contribution in [1.29, 1.82) is 0 Å². The van der Waals surface area contributed by atoms with E-state index in [1.165, 1.54) is 4.90 Å². The molecule has 0 aliphatic rings. The number of nitrogens with zero attached hydrogens (tertiary/aromatic N) is 3. The molecule has 1 amide bonds. The molecule has 18 heavy (non-hydrogen) atoms. The zero-order valence-corrected chi connectivity index (χ0v) is 10.5. The van der Waals surface area contributed by atoms with E-state index in [4.69, 9.17) is 9.52 Å². The standard InChI is InChI=1S/C10H16N4O4/c1-4-7(9(16)17)14(3)5-8(15)11-10-13-12-6(2)18-10/h7H,4-5H2,1-3H3,(H,16,17)(H,11,13,15). The van der Waals surface area contributed by atoms with Crippen molar-refractivity contribution in [3.63, 3.8) is 0 Å². The van der Waals surface area contributed by atoms with Crippen molar-refractivity contribution < 1.29 is 19.1 Å². The van der Waals surface area contributed by atoms with Gasteiger partial charge in [-0.25, -0.2) is 0 Å². The second-order valence-corrected chi connectivity index (χ2v) is 3.85.